The Bertz CT molecular complexity index is 424. The van der Waals surface area contributed by atoms with Crippen molar-refractivity contribution in [2.45, 2.75) is 18.7 Å². The third kappa shape index (κ3) is 2.33. The lowest BCUT2D eigenvalue weighted by molar-refractivity contribution is 0.748. The Morgan fingerprint density at radius 2 is 2.07 bits per heavy atom. The van der Waals surface area contributed by atoms with Crippen LogP contribution in [0.15, 0.2) is 30.3 Å². The molecule has 1 aromatic carbocycles. The SMILES string of the molecule is CC(Cl)Cc1nnnn1-c1ccccc1. The molecule has 0 bridgehead atoms. The van der Waals surface area contributed by atoms with Crippen LogP contribution < -0.4 is 0 Å². The molecule has 2 aromatic rings. The lowest BCUT2D eigenvalue weighted by Gasteiger charge is -2.04. The summed E-state index contributed by atoms with van der Waals surface area (Å²) in [4.78, 5) is 0. The van der Waals surface area contributed by atoms with Crippen molar-refractivity contribution in [3.05, 3.63) is 36.2 Å². The van der Waals surface area contributed by atoms with Crippen LogP contribution in [0, 0.1) is 0 Å². The maximum Gasteiger partial charge on any atom is 0.158 e. The van der Waals surface area contributed by atoms with Crippen molar-refractivity contribution < 1.29 is 0 Å². The fraction of sp³-hybridized carbons (Fsp3) is 0.300. The molecule has 0 aliphatic rings. The number of hydrogen-bond donors (Lipinski definition) is 0. The van der Waals surface area contributed by atoms with E-state index in [0.29, 0.717) is 6.42 Å². The summed E-state index contributed by atoms with van der Waals surface area (Å²) in [6, 6.07) is 9.77. The Morgan fingerprint density at radius 3 is 2.73 bits per heavy atom. The number of benzene rings is 1. The number of hydrogen-bond acceptors (Lipinski definition) is 3. The van der Waals surface area contributed by atoms with Gasteiger partial charge in [-0.1, -0.05) is 18.2 Å². The molecule has 0 amide bonds. The molecule has 1 atom stereocenters. The first-order valence-corrected chi connectivity index (χ1v) is 5.18. The number of alkyl halides is 1. The van der Waals surface area contributed by atoms with Gasteiger partial charge in [-0.15, -0.1) is 16.7 Å². The van der Waals surface area contributed by atoms with Crippen LogP contribution in [0.1, 0.15) is 12.7 Å². The summed E-state index contributed by atoms with van der Waals surface area (Å²) in [5.74, 6) is 0.781. The molecular weight excluding hydrogens is 212 g/mol. The summed E-state index contributed by atoms with van der Waals surface area (Å²) in [7, 11) is 0. The number of rotatable bonds is 3. The molecule has 1 heterocycles. The smallest absolute Gasteiger partial charge is 0.158 e. The van der Waals surface area contributed by atoms with Crippen LogP contribution in [0.4, 0.5) is 0 Å². The minimum atomic E-state index is 0.0264. The van der Waals surface area contributed by atoms with Gasteiger partial charge in [0.2, 0.25) is 0 Å². The molecule has 0 aliphatic carbocycles. The first-order valence-electron chi connectivity index (χ1n) is 4.74. The van der Waals surface area contributed by atoms with Crippen molar-refractivity contribution in [3.63, 3.8) is 0 Å². The quantitative estimate of drug-likeness (QED) is 0.745. The minimum Gasteiger partial charge on any atom is -0.197 e. The first kappa shape index (κ1) is 10.1. The Morgan fingerprint density at radius 1 is 1.33 bits per heavy atom. The highest BCUT2D eigenvalue weighted by Crippen LogP contribution is 2.10. The minimum absolute atomic E-state index is 0.0264. The van der Waals surface area contributed by atoms with Crippen LogP contribution in [0.2, 0.25) is 0 Å². The van der Waals surface area contributed by atoms with Gasteiger partial charge in [0, 0.05) is 11.8 Å². The molecule has 0 fully saturated rings. The molecule has 0 saturated carbocycles. The fourth-order valence-electron chi connectivity index (χ4n) is 1.35. The van der Waals surface area contributed by atoms with Gasteiger partial charge < -0.3 is 0 Å². The first-order chi connectivity index (χ1) is 7.27. The molecule has 0 aliphatic heterocycles. The molecule has 0 N–H and O–H groups in total. The van der Waals surface area contributed by atoms with Crippen LogP contribution in [0.25, 0.3) is 5.69 Å². The second-order valence-electron chi connectivity index (χ2n) is 3.33. The molecule has 1 unspecified atom stereocenters. The van der Waals surface area contributed by atoms with Crippen LogP contribution >= 0.6 is 11.6 Å². The van der Waals surface area contributed by atoms with Gasteiger partial charge in [-0.3, -0.25) is 0 Å². The van der Waals surface area contributed by atoms with Gasteiger partial charge in [-0.25, -0.2) is 0 Å². The van der Waals surface area contributed by atoms with E-state index in [-0.39, 0.29) is 5.38 Å². The molecule has 1 aromatic heterocycles. The largest absolute Gasteiger partial charge is 0.197 e. The van der Waals surface area contributed by atoms with E-state index in [4.69, 9.17) is 11.6 Å². The Hall–Kier alpha value is -1.42. The van der Waals surface area contributed by atoms with E-state index in [0.717, 1.165) is 11.5 Å². The summed E-state index contributed by atoms with van der Waals surface area (Å²) in [6.45, 7) is 1.92. The Kier molecular flexibility index (Phi) is 2.97. The van der Waals surface area contributed by atoms with Crippen LogP contribution in [-0.2, 0) is 6.42 Å². The lowest BCUT2D eigenvalue weighted by Crippen LogP contribution is -2.07. The average Bonchev–Trinajstić information content (AvgIpc) is 2.66. The number of nitrogens with zero attached hydrogens (tertiary/aromatic N) is 4. The van der Waals surface area contributed by atoms with Crippen molar-refractivity contribution in [1.82, 2.24) is 20.2 Å². The molecule has 0 radical (unpaired) electrons. The van der Waals surface area contributed by atoms with Gasteiger partial charge in [0.25, 0.3) is 0 Å². The highest BCUT2D eigenvalue weighted by atomic mass is 35.5. The van der Waals surface area contributed by atoms with Crippen LogP contribution in [-0.4, -0.2) is 25.6 Å². The topological polar surface area (TPSA) is 43.6 Å². The third-order valence-electron chi connectivity index (χ3n) is 2.00. The summed E-state index contributed by atoms with van der Waals surface area (Å²) in [6.07, 6.45) is 0.656. The normalized spacial score (nSPS) is 12.7. The van der Waals surface area contributed by atoms with Crippen molar-refractivity contribution in [2.24, 2.45) is 0 Å². The number of halogens is 1. The van der Waals surface area contributed by atoms with E-state index in [9.17, 15) is 0 Å². The second-order valence-corrected chi connectivity index (χ2v) is 4.07. The Balaban J connectivity index is 2.33. The van der Waals surface area contributed by atoms with Gasteiger partial charge in [0.05, 0.1) is 5.69 Å². The standard InChI is InChI=1S/C10H11ClN4/c1-8(11)7-10-12-13-14-15(10)9-5-3-2-4-6-9/h2-6,8H,7H2,1H3. The average molecular weight is 223 g/mol. The molecule has 4 nitrogen and oxygen atoms in total. The van der Waals surface area contributed by atoms with E-state index in [2.05, 4.69) is 15.5 Å². The van der Waals surface area contributed by atoms with E-state index in [1.54, 1.807) is 4.68 Å². The lowest BCUT2D eigenvalue weighted by atomic mass is 10.3. The molecule has 5 heteroatoms. The molecule has 0 spiro atoms. The van der Waals surface area contributed by atoms with E-state index in [1.165, 1.54) is 0 Å². The summed E-state index contributed by atoms with van der Waals surface area (Å²) in [5, 5.41) is 11.6. The summed E-state index contributed by atoms with van der Waals surface area (Å²) >= 11 is 5.92. The maximum absolute atomic E-state index is 5.92. The van der Waals surface area contributed by atoms with Crippen LogP contribution in [0.3, 0.4) is 0 Å². The fourth-order valence-corrected chi connectivity index (χ4v) is 1.49. The number of para-hydroxylation sites is 1. The number of tetrazole rings is 1. The number of aromatic nitrogens is 4. The van der Waals surface area contributed by atoms with Gasteiger partial charge >= 0.3 is 0 Å². The molecule has 78 valence electrons. The second kappa shape index (κ2) is 4.40. The highest BCUT2D eigenvalue weighted by Gasteiger charge is 2.09. The molecule has 0 saturated heterocycles. The van der Waals surface area contributed by atoms with E-state index in [1.807, 2.05) is 37.3 Å². The highest BCUT2D eigenvalue weighted by molar-refractivity contribution is 6.20. The van der Waals surface area contributed by atoms with Gasteiger partial charge in [0.1, 0.15) is 0 Å². The molecule has 15 heavy (non-hydrogen) atoms. The Labute approximate surface area is 92.9 Å². The van der Waals surface area contributed by atoms with Crippen molar-refractivity contribution in [1.29, 1.82) is 0 Å². The zero-order valence-electron chi connectivity index (χ0n) is 8.34. The zero-order valence-corrected chi connectivity index (χ0v) is 9.09. The molecular formula is C10H11ClN4. The van der Waals surface area contributed by atoms with E-state index < -0.39 is 0 Å². The van der Waals surface area contributed by atoms with Gasteiger partial charge in [-0.05, 0) is 29.5 Å². The van der Waals surface area contributed by atoms with Crippen LogP contribution in [0.5, 0.6) is 0 Å². The molecule has 2 rings (SSSR count). The predicted octanol–water partition coefficient (Wildman–Crippen LogP) is 1.83. The predicted molar refractivity (Wildman–Crippen MR) is 58.2 cm³/mol. The zero-order chi connectivity index (χ0) is 10.7. The maximum atomic E-state index is 5.92. The monoisotopic (exact) mass is 222 g/mol. The van der Waals surface area contributed by atoms with Crippen molar-refractivity contribution >= 4 is 11.6 Å². The van der Waals surface area contributed by atoms with Crippen molar-refractivity contribution in [3.8, 4) is 5.69 Å². The van der Waals surface area contributed by atoms with Crippen molar-refractivity contribution in [2.75, 3.05) is 0 Å². The summed E-state index contributed by atoms with van der Waals surface area (Å²) in [5.41, 5.74) is 0.954. The van der Waals surface area contributed by atoms with Gasteiger partial charge in [-0.2, -0.15) is 4.68 Å². The summed E-state index contributed by atoms with van der Waals surface area (Å²) < 4.78 is 1.71. The van der Waals surface area contributed by atoms with E-state index >= 15 is 0 Å². The third-order valence-corrected chi connectivity index (χ3v) is 2.15. The van der Waals surface area contributed by atoms with Gasteiger partial charge in [0.15, 0.2) is 5.82 Å².